The van der Waals surface area contributed by atoms with Crippen molar-refractivity contribution in [3.8, 4) is 11.3 Å². The van der Waals surface area contributed by atoms with Gasteiger partial charge in [-0.3, -0.25) is 14.8 Å². The smallest absolute Gasteiger partial charge is 0.271 e. The van der Waals surface area contributed by atoms with Crippen molar-refractivity contribution in [1.82, 2.24) is 25.3 Å². The van der Waals surface area contributed by atoms with Gasteiger partial charge in [0.05, 0.1) is 10.7 Å². The molecule has 0 aliphatic carbocycles. The molecular formula is C18H22ClN5O. The highest BCUT2D eigenvalue weighted by Crippen LogP contribution is 2.27. The zero-order valence-electron chi connectivity index (χ0n) is 14.0. The first-order valence-corrected chi connectivity index (χ1v) is 9.14. The van der Waals surface area contributed by atoms with Crippen LogP contribution in [0.25, 0.3) is 11.3 Å². The number of carbonyl (C=O) groups is 1. The maximum absolute atomic E-state index is 12.8. The first-order valence-electron chi connectivity index (χ1n) is 8.77. The van der Waals surface area contributed by atoms with Gasteiger partial charge in [-0.2, -0.15) is 5.10 Å². The Bertz CT molecular complexity index is 755. The summed E-state index contributed by atoms with van der Waals surface area (Å²) in [6.45, 7) is 5.78. The van der Waals surface area contributed by atoms with Crippen LogP contribution in [0, 0.1) is 0 Å². The van der Waals surface area contributed by atoms with Crippen molar-refractivity contribution >= 4 is 17.5 Å². The fourth-order valence-electron chi connectivity index (χ4n) is 3.68. The van der Waals surface area contributed by atoms with Gasteiger partial charge in [0.25, 0.3) is 5.91 Å². The van der Waals surface area contributed by atoms with Crippen LogP contribution in [-0.2, 0) is 0 Å². The van der Waals surface area contributed by atoms with Crippen molar-refractivity contribution in [3.63, 3.8) is 0 Å². The Labute approximate surface area is 152 Å². The van der Waals surface area contributed by atoms with Crippen LogP contribution in [0.4, 0.5) is 0 Å². The minimum absolute atomic E-state index is 0.0171. The highest BCUT2D eigenvalue weighted by Gasteiger charge is 2.32. The SMILES string of the molecule is O=C(c1cc(-c2ccccc2Cl)n[nH]1)N1CCC(N2CCNCC2)C1. The van der Waals surface area contributed by atoms with Crippen molar-refractivity contribution in [2.75, 3.05) is 39.3 Å². The molecule has 2 aliphatic heterocycles. The Morgan fingerprint density at radius 3 is 2.80 bits per heavy atom. The van der Waals surface area contributed by atoms with Gasteiger partial charge in [0.1, 0.15) is 5.69 Å². The molecule has 1 unspecified atom stereocenters. The molecule has 1 amide bonds. The van der Waals surface area contributed by atoms with Crippen LogP contribution in [0.5, 0.6) is 0 Å². The molecule has 2 aromatic rings. The number of amides is 1. The van der Waals surface area contributed by atoms with E-state index in [4.69, 9.17) is 11.6 Å². The number of hydrogen-bond acceptors (Lipinski definition) is 4. The molecule has 4 rings (SSSR count). The first kappa shape index (κ1) is 16.6. The van der Waals surface area contributed by atoms with Crippen molar-refractivity contribution in [2.45, 2.75) is 12.5 Å². The molecule has 2 N–H and O–H groups in total. The highest BCUT2D eigenvalue weighted by molar-refractivity contribution is 6.33. The molecule has 0 saturated carbocycles. The molecule has 25 heavy (non-hydrogen) atoms. The van der Waals surface area contributed by atoms with E-state index in [1.54, 1.807) is 6.07 Å². The van der Waals surface area contributed by atoms with Crippen molar-refractivity contribution < 1.29 is 4.79 Å². The summed E-state index contributed by atoms with van der Waals surface area (Å²) in [5, 5.41) is 11.2. The lowest BCUT2D eigenvalue weighted by atomic mass is 10.1. The van der Waals surface area contributed by atoms with Crippen LogP contribution in [0.15, 0.2) is 30.3 Å². The van der Waals surface area contributed by atoms with E-state index >= 15 is 0 Å². The number of H-pyrrole nitrogens is 1. The van der Waals surface area contributed by atoms with E-state index in [0.29, 0.717) is 22.5 Å². The predicted octanol–water partition coefficient (Wildman–Crippen LogP) is 1.85. The highest BCUT2D eigenvalue weighted by atomic mass is 35.5. The standard InChI is InChI=1S/C18H22ClN5O/c19-15-4-2-1-3-14(15)16-11-17(22-21-16)18(25)24-8-5-13(12-24)23-9-6-20-7-10-23/h1-4,11,13,20H,5-10,12H2,(H,21,22). The maximum atomic E-state index is 12.8. The lowest BCUT2D eigenvalue weighted by Crippen LogP contribution is -2.49. The van der Waals surface area contributed by atoms with E-state index in [2.05, 4.69) is 20.4 Å². The molecular weight excluding hydrogens is 338 g/mol. The Kier molecular flexibility index (Phi) is 4.74. The van der Waals surface area contributed by atoms with Gasteiger partial charge in [-0.1, -0.05) is 29.8 Å². The second kappa shape index (κ2) is 7.15. The lowest BCUT2D eigenvalue weighted by molar-refractivity contribution is 0.0767. The molecule has 132 valence electrons. The van der Waals surface area contributed by atoms with E-state index < -0.39 is 0 Å². The number of likely N-dealkylation sites (tertiary alicyclic amines) is 1. The molecule has 0 radical (unpaired) electrons. The quantitative estimate of drug-likeness (QED) is 0.878. The second-order valence-electron chi connectivity index (χ2n) is 6.63. The predicted molar refractivity (Wildman–Crippen MR) is 97.8 cm³/mol. The maximum Gasteiger partial charge on any atom is 0.271 e. The van der Waals surface area contributed by atoms with E-state index in [-0.39, 0.29) is 5.91 Å². The minimum atomic E-state index is 0.0171. The monoisotopic (exact) mass is 359 g/mol. The molecule has 2 saturated heterocycles. The number of aromatic amines is 1. The third-order valence-corrected chi connectivity index (χ3v) is 5.41. The Morgan fingerprint density at radius 1 is 1.20 bits per heavy atom. The first-order chi connectivity index (χ1) is 12.2. The molecule has 6 nitrogen and oxygen atoms in total. The molecule has 1 aromatic carbocycles. The number of nitrogens with zero attached hydrogens (tertiary/aromatic N) is 3. The summed E-state index contributed by atoms with van der Waals surface area (Å²) in [6.07, 6.45) is 1.04. The number of nitrogens with one attached hydrogen (secondary N) is 2. The molecule has 7 heteroatoms. The average Bonchev–Trinajstić information content (AvgIpc) is 3.32. The Hall–Kier alpha value is -1.89. The lowest BCUT2D eigenvalue weighted by Gasteiger charge is -2.32. The van der Waals surface area contributed by atoms with Crippen molar-refractivity contribution in [1.29, 1.82) is 0 Å². The summed E-state index contributed by atoms with van der Waals surface area (Å²) < 4.78 is 0. The summed E-state index contributed by atoms with van der Waals surface area (Å²) in [5.74, 6) is 0.0171. The Balaban J connectivity index is 1.44. The normalized spacial score (nSPS) is 21.6. The number of carbonyl (C=O) groups excluding carboxylic acids is 1. The van der Waals surface area contributed by atoms with Gasteiger partial charge >= 0.3 is 0 Å². The number of benzene rings is 1. The van der Waals surface area contributed by atoms with Gasteiger partial charge < -0.3 is 10.2 Å². The second-order valence-corrected chi connectivity index (χ2v) is 7.03. The fourth-order valence-corrected chi connectivity index (χ4v) is 3.91. The molecule has 2 fully saturated rings. The molecule has 0 spiro atoms. The summed E-state index contributed by atoms with van der Waals surface area (Å²) >= 11 is 6.22. The Morgan fingerprint density at radius 2 is 2.00 bits per heavy atom. The number of rotatable bonds is 3. The van der Waals surface area contributed by atoms with Crippen LogP contribution in [0.1, 0.15) is 16.9 Å². The van der Waals surface area contributed by atoms with Crippen molar-refractivity contribution in [2.24, 2.45) is 0 Å². The zero-order valence-corrected chi connectivity index (χ0v) is 14.8. The molecule has 3 heterocycles. The molecule has 0 bridgehead atoms. The van der Waals surface area contributed by atoms with Crippen LogP contribution in [0.3, 0.4) is 0 Å². The number of piperazine rings is 1. The third kappa shape index (κ3) is 3.42. The van der Waals surface area contributed by atoms with E-state index in [0.717, 1.165) is 51.3 Å². The summed E-state index contributed by atoms with van der Waals surface area (Å²) in [6, 6.07) is 9.79. The summed E-state index contributed by atoms with van der Waals surface area (Å²) in [7, 11) is 0. The number of aromatic nitrogens is 2. The number of hydrogen-bond donors (Lipinski definition) is 2. The molecule has 1 aromatic heterocycles. The third-order valence-electron chi connectivity index (χ3n) is 5.08. The van der Waals surface area contributed by atoms with E-state index in [1.807, 2.05) is 29.2 Å². The largest absolute Gasteiger partial charge is 0.336 e. The summed E-state index contributed by atoms with van der Waals surface area (Å²) in [4.78, 5) is 17.2. The van der Waals surface area contributed by atoms with Gasteiger partial charge in [0.15, 0.2) is 0 Å². The van der Waals surface area contributed by atoms with Crippen LogP contribution in [-0.4, -0.2) is 71.2 Å². The molecule has 1 atom stereocenters. The zero-order chi connectivity index (χ0) is 17.2. The van der Waals surface area contributed by atoms with Crippen LogP contribution >= 0.6 is 11.6 Å². The fraction of sp³-hybridized carbons (Fsp3) is 0.444. The summed E-state index contributed by atoms with van der Waals surface area (Å²) in [5.41, 5.74) is 2.06. The van der Waals surface area contributed by atoms with Gasteiger partial charge in [0, 0.05) is 50.9 Å². The van der Waals surface area contributed by atoms with Crippen molar-refractivity contribution in [3.05, 3.63) is 41.0 Å². The van der Waals surface area contributed by atoms with Crippen LogP contribution < -0.4 is 5.32 Å². The van der Waals surface area contributed by atoms with E-state index in [1.165, 1.54) is 0 Å². The van der Waals surface area contributed by atoms with Gasteiger partial charge in [0.2, 0.25) is 0 Å². The van der Waals surface area contributed by atoms with Gasteiger partial charge in [-0.25, -0.2) is 0 Å². The minimum Gasteiger partial charge on any atom is -0.336 e. The average molecular weight is 360 g/mol. The van der Waals surface area contributed by atoms with Gasteiger partial charge in [-0.15, -0.1) is 0 Å². The topological polar surface area (TPSA) is 64.3 Å². The van der Waals surface area contributed by atoms with Crippen LogP contribution in [0.2, 0.25) is 5.02 Å². The van der Waals surface area contributed by atoms with E-state index in [9.17, 15) is 4.79 Å². The van der Waals surface area contributed by atoms with Gasteiger partial charge in [-0.05, 0) is 18.6 Å². The number of halogens is 1. The molecule has 2 aliphatic rings.